The Bertz CT molecular complexity index is 567. The second-order valence-corrected chi connectivity index (χ2v) is 4.84. The summed E-state index contributed by atoms with van der Waals surface area (Å²) in [6.45, 7) is 2.24. The van der Waals surface area contributed by atoms with Crippen LogP contribution in [0.1, 0.15) is 17.3 Å². The van der Waals surface area contributed by atoms with Gasteiger partial charge in [-0.3, -0.25) is 0 Å². The van der Waals surface area contributed by atoms with Crippen molar-refractivity contribution in [2.75, 3.05) is 19.8 Å². The molecule has 0 saturated carbocycles. The third-order valence-electron chi connectivity index (χ3n) is 3.18. The third kappa shape index (κ3) is 3.40. The molecule has 3 rings (SSSR count). The molecule has 1 atom stereocenters. The van der Waals surface area contributed by atoms with Crippen LogP contribution in [0.3, 0.4) is 0 Å². The monoisotopic (exact) mass is 277 g/mol. The van der Waals surface area contributed by atoms with Crippen LogP contribution < -0.4 is 5.32 Å². The molecule has 20 heavy (non-hydrogen) atoms. The van der Waals surface area contributed by atoms with E-state index in [9.17, 15) is 4.39 Å². The predicted molar refractivity (Wildman–Crippen MR) is 69.8 cm³/mol. The number of rotatable bonds is 4. The molecular formula is C14H16FN3O2. The lowest BCUT2D eigenvalue weighted by Gasteiger charge is -2.22. The Labute approximate surface area is 116 Å². The van der Waals surface area contributed by atoms with Crippen molar-refractivity contribution in [3.05, 3.63) is 47.4 Å². The van der Waals surface area contributed by atoms with E-state index < -0.39 is 0 Å². The Balaban J connectivity index is 1.61. The average Bonchev–Trinajstić information content (AvgIpc) is 2.87. The molecule has 1 saturated heterocycles. The first-order chi connectivity index (χ1) is 9.79. The summed E-state index contributed by atoms with van der Waals surface area (Å²) in [7, 11) is 0. The molecule has 0 radical (unpaired) electrons. The summed E-state index contributed by atoms with van der Waals surface area (Å²) in [6, 6.07) is 6.63. The average molecular weight is 277 g/mol. The number of nitrogens with one attached hydrogen (secondary N) is 1. The zero-order valence-corrected chi connectivity index (χ0v) is 11.0. The van der Waals surface area contributed by atoms with Crippen LogP contribution in [0.4, 0.5) is 4.39 Å². The van der Waals surface area contributed by atoms with Gasteiger partial charge in [0.1, 0.15) is 5.82 Å². The smallest absolute Gasteiger partial charge is 0.228 e. The molecule has 106 valence electrons. The fourth-order valence-electron chi connectivity index (χ4n) is 2.24. The van der Waals surface area contributed by atoms with Gasteiger partial charge in [0.25, 0.3) is 0 Å². The molecule has 1 unspecified atom stereocenters. The lowest BCUT2D eigenvalue weighted by Crippen LogP contribution is -2.42. The van der Waals surface area contributed by atoms with E-state index in [4.69, 9.17) is 9.26 Å². The molecule has 0 spiro atoms. The Morgan fingerprint density at radius 3 is 3.15 bits per heavy atom. The summed E-state index contributed by atoms with van der Waals surface area (Å²) in [5, 5.41) is 7.26. The van der Waals surface area contributed by atoms with E-state index in [1.54, 1.807) is 6.07 Å². The summed E-state index contributed by atoms with van der Waals surface area (Å²) in [5.41, 5.74) is 0.830. The van der Waals surface area contributed by atoms with Gasteiger partial charge in [-0.25, -0.2) is 4.39 Å². The lowest BCUT2D eigenvalue weighted by molar-refractivity contribution is 0.0744. The van der Waals surface area contributed by atoms with Crippen LogP contribution in [0.2, 0.25) is 0 Å². The van der Waals surface area contributed by atoms with Crippen molar-refractivity contribution in [2.45, 2.75) is 18.9 Å². The van der Waals surface area contributed by atoms with Crippen LogP contribution >= 0.6 is 0 Å². The Morgan fingerprint density at radius 2 is 2.35 bits per heavy atom. The molecule has 1 aliphatic rings. The van der Waals surface area contributed by atoms with Gasteiger partial charge < -0.3 is 14.6 Å². The minimum absolute atomic E-state index is 0.214. The highest BCUT2D eigenvalue weighted by Crippen LogP contribution is 2.10. The largest absolute Gasteiger partial charge is 0.378 e. The van der Waals surface area contributed by atoms with Crippen LogP contribution in [0, 0.1) is 5.82 Å². The molecule has 0 amide bonds. The van der Waals surface area contributed by atoms with Crippen molar-refractivity contribution in [3.63, 3.8) is 0 Å². The molecule has 1 aromatic carbocycles. The van der Waals surface area contributed by atoms with Gasteiger partial charge in [0, 0.05) is 25.4 Å². The van der Waals surface area contributed by atoms with E-state index in [1.165, 1.54) is 12.1 Å². The number of aromatic nitrogens is 2. The third-order valence-corrected chi connectivity index (χ3v) is 3.18. The minimum atomic E-state index is -0.255. The zero-order valence-electron chi connectivity index (χ0n) is 11.0. The first kappa shape index (κ1) is 13.2. The standard InChI is InChI=1S/C14H16FN3O2/c15-11-3-1-2-10(6-11)7-13-17-14(20-18-13)8-12-9-19-5-4-16-12/h1-3,6,12,16H,4-5,7-9H2. The fraction of sp³-hybridized carbons (Fsp3) is 0.429. The first-order valence-corrected chi connectivity index (χ1v) is 6.66. The topological polar surface area (TPSA) is 60.2 Å². The van der Waals surface area contributed by atoms with Crippen molar-refractivity contribution >= 4 is 0 Å². The van der Waals surface area contributed by atoms with E-state index in [0.717, 1.165) is 18.7 Å². The van der Waals surface area contributed by atoms with Gasteiger partial charge in [-0.15, -0.1) is 0 Å². The molecule has 1 N–H and O–H groups in total. The summed E-state index contributed by atoms with van der Waals surface area (Å²) in [5.74, 6) is 0.900. The Morgan fingerprint density at radius 1 is 1.40 bits per heavy atom. The number of ether oxygens (including phenoxy) is 1. The maximum atomic E-state index is 13.1. The van der Waals surface area contributed by atoms with Crippen LogP contribution in [-0.4, -0.2) is 35.9 Å². The minimum Gasteiger partial charge on any atom is -0.378 e. The molecular weight excluding hydrogens is 261 g/mol. The molecule has 5 nitrogen and oxygen atoms in total. The SMILES string of the molecule is Fc1cccc(Cc2noc(CC3COCCN3)n2)c1. The molecule has 2 aromatic rings. The van der Waals surface area contributed by atoms with E-state index in [1.807, 2.05) is 6.07 Å². The molecule has 0 bridgehead atoms. The highest BCUT2D eigenvalue weighted by Gasteiger charge is 2.17. The van der Waals surface area contributed by atoms with Gasteiger partial charge in [0.2, 0.25) is 5.89 Å². The van der Waals surface area contributed by atoms with Crippen molar-refractivity contribution in [2.24, 2.45) is 0 Å². The lowest BCUT2D eigenvalue weighted by atomic mass is 10.1. The van der Waals surface area contributed by atoms with Gasteiger partial charge in [-0.05, 0) is 17.7 Å². The van der Waals surface area contributed by atoms with E-state index in [-0.39, 0.29) is 11.9 Å². The normalized spacial score (nSPS) is 19.1. The van der Waals surface area contributed by atoms with Crippen molar-refractivity contribution in [1.82, 2.24) is 15.5 Å². The van der Waals surface area contributed by atoms with Crippen LogP contribution in [0.15, 0.2) is 28.8 Å². The number of morpholine rings is 1. The summed E-state index contributed by atoms with van der Waals surface area (Å²) < 4.78 is 23.7. The van der Waals surface area contributed by atoms with Gasteiger partial charge >= 0.3 is 0 Å². The highest BCUT2D eigenvalue weighted by atomic mass is 19.1. The molecule has 2 heterocycles. The number of halogens is 1. The van der Waals surface area contributed by atoms with Crippen molar-refractivity contribution in [1.29, 1.82) is 0 Å². The predicted octanol–water partition coefficient (Wildman–Crippen LogP) is 1.33. The van der Waals surface area contributed by atoms with Gasteiger partial charge in [-0.2, -0.15) is 4.98 Å². The highest BCUT2D eigenvalue weighted by molar-refractivity contribution is 5.19. The summed E-state index contributed by atoms with van der Waals surface area (Å²) in [6.07, 6.45) is 1.12. The van der Waals surface area contributed by atoms with Crippen LogP contribution in [0.5, 0.6) is 0 Å². The zero-order chi connectivity index (χ0) is 13.8. The van der Waals surface area contributed by atoms with Crippen LogP contribution in [-0.2, 0) is 17.6 Å². The second kappa shape index (κ2) is 6.11. The summed E-state index contributed by atoms with van der Waals surface area (Å²) in [4.78, 5) is 4.33. The maximum absolute atomic E-state index is 13.1. The number of hydrogen-bond acceptors (Lipinski definition) is 5. The molecule has 1 fully saturated rings. The second-order valence-electron chi connectivity index (χ2n) is 4.84. The maximum Gasteiger partial charge on any atom is 0.228 e. The Kier molecular flexibility index (Phi) is 4.03. The molecule has 6 heteroatoms. The molecule has 1 aromatic heterocycles. The van der Waals surface area contributed by atoms with E-state index in [0.29, 0.717) is 31.2 Å². The number of hydrogen-bond donors (Lipinski definition) is 1. The van der Waals surface area contributed by atoms with Gasteiger partial charge in [0.15, 0.2) is 5.82 Å². The van der Waals surface area contributed by atoms with Crippen LogP contribution in [0.25, 0.3) is 0 Å². The molecule has 1 aliphatic heterocycles. The van der Waals surface area contributed by atoms with E-state index >= 15 is 0 Å². The van der Waals surface area contributed by atoms with E-state index in [2.05, 4.69) is 15.5 Å². The molecule has 0 aliphatic carbocycles. The van der Waals surface area contributed by atoms with Crippen molar-refractivity contribution < 1.29 is 13.7 Å². The number of nitrogens with zero attached hydrogens (tertiary/aromatic N) is 2. The quantitative estimate of drug-likeness (QED) is 0.913. The van der Waals surface area contributed by atoms with Gasteiger partial charge in [-0.1, -0.05) is 17.3 Å². The number of benzene rings is 1. The fourth-order valence-corrected chi connectivity index (χ4v) is 2.24. The Hall–Kier alpha value is -1.79. The first-order valence-electron chi connectivity index (χ1n) is 6.66. The van der Waals surface area contributed by atoms with Crippen molar-refractivity contribution in [3.8, 4) is 0 Å². The summed E-state index contributed by atoms with van der Waals surface area (Å²) >= 11 is 0. The van der Waals surface area contributed by atoms with Gasteiger partial charge in [0.05, 0.1) is 13.2 Å².